The van der Waals surface area contributed by atoms with Gasteiger partial charge in [-0.15, -0.1) is 0 Å². The minimum atomic E-state index is -0.345. The van der Waals surface area contributed by atoms with Crippen molar-refractivity contribution < 1.29 is 14.6 Å². The van der Waals surface area contributed by atoms with E-state index >= 15 is 0 Å². The van der Waals surface area contributed by atoms with Crippen LogP contribution < -0.4 is 15.8 Å². The van der Waals surface area contributed by atoms with Gasteiger partial charge in [-0.05, 0) is 24.3 Å². The lowest BCUT2D eigenvalue weighted by molar-refractivity contribution is 0.102. The number of anilines is 2. The number of methoxy groups -OCH3 is 1. The molecule has 4 N–H and O–H groups in total. The zero-order chi connectivity index (χ0) is 14.5. The van der Waals surface area contributed by atoms with E-state index in [1.165, 1.54) is 7.11 Å². The highest BCUT2D eigenvalue weighted by Crippen LogP contribution is 2.22. The third-order valence-corrected chi connectivity index (χ3v) is 2.94. The number of nitrogens with one attached hydrogen (secondary N) is 1. The number of rotatable bonds is 4. The lowest BCUT2D eigenvalue weighted by atomic mass is 10.1. The van der Waals surface area contributed by atoms with Crippen LogP contribution in [-0.2, 0) is 6.61 Å². The number of carbonyl (C=O) groups is 1. The lowest BCUT2D eigenvalue weighted by Gasteiger charge is -2.11. The van der Waals surface area contributed by atoms with Crippen LogP contribution in [0.4, 0.5) is 11.4 Å². The van der Waals surface area contributed by atoms with Gasteiger partial charge in [0.1, 0.15) is 5.75 Å². The molecule has 2 aromatic carbocycles. The molecule has 20 heavy (non-hydrogen) atoms. The fourth-order valence-corrected chi connectivity index (χ4v) is 1.83. The second-order valence-electron chi connectivity index (χ2n) is 4.22. The molecule has 104 valence electrons. The molecule has 1 amide bonds. The van der Waals surface area contributed by atoms with Crippen molar-refractivity contribution >= 4 is 17.3 Å². The van der Waals surface area contributed by atoms with E-state index in [9.17, 15) is 9.90 Å². The number of benzene rings is 2. The molecule has 0 fully saturated rings. The fourth-order valence-electron chi connectivity index (χ4n) is 1.83. The molecule has 0 bridgehead atoms. The van der Waals surface area contributed by atoms with Gasteiger partial charge in [0, 0.05) is 16.9 Å². The topological polar surface area (TPSA) is 84.6 Å². The maximum absolute atomic E-state index is 12.2. The van der Waals surface area contributed by atoms with Gasteiger partial charge in [-0.1, -0.05) is 18.2 Å². The predicted molar refractivity (Wildman–Crippen MR) is 77.7 cm³/mol. The second-order valence-corrected chi connectivity index (χ2v) is 4.22. The van der Waals surface area contributed by atoms with E-state index < -0.39 is 0 Å². The summed E-state index contributed by atoms with van der Waals surface area (Å²) in [5.74, 6) is 0.210. The van der Waals surface area contributed by atoms with E-state index in [0.717, 1.165) is 0 Å². The van der Waals surface area contributed by atoms with Gasteiger partial charge in [-0.25, -0.2) is 0 Å². The molecule has 2 aromatic rings. The molecule has 5 nitrogen and oxygen atoms in total. The fraction of sp³-hybridized carbons (Fsp3) is 0.133. The number of aliphatic hydroxyl groups excluding tert-OH is 1. The Hall–Kier alpha value is -2.53. The monoisotopic (exact) mass is 272 g/mol. The van der Waals surface area contributed by atoms with Crippen LogP contribution in [0.1, 0.15) is 15.9 Å². The Morgan fingerprint density at radius 2 is 2.05 bits per heavy atom. The van der Waals surface area contributed by atoms with Crippen LogP contribution in [0.5, 0.6) is 5.75 Å². The molecule has 0 unspecified atom stereocenters. The summed E-state index contributed by atoms with van der Waals surface area (Å²) in [6, 6.07) is 11.9. The van der Waals surface area contributed by atoms with E-state index in [4.69, 9.17) is 10.5 Å². The van der Waals surface area contributed by atoms with E-state index in [2.05, 4.69) is 5.32 Å². The summed E-state index contributed by atoms with van der Waals surface area (Å²) in [6.07, 6.45) is 0. The Kier molecular flexibility index (Phi) is 4.22. The first-order valence-corrected chi connectivity index (χ1v) is 6.09. The van der Waals surface area contributed by atoms with Crippen molar-refractivity contribution in [2.75, 3.05) is 18.2 Å². The van der Waals surface area contributed by atoms with Gasteiger partial charge in [0.25, 0.3) is 5.91 Å². The van der Waals surface area contributed by atoms with E-state index in [0.29, 0.717) is 28.3 Å². The van der Waals surface area contributed by atoms with Crippen molar-refractivity contribution in [3.8, 4) is 5.75 Å². The molecule has 5 heteroatoms. The molecule has 0 spiro atoms. The zero-order valence-electron chi connectivity index (χ0n) is 11.1. The summed E-state index contributed by atoms with van der Waals surface area (Å²) >= 11 is 0. The highest BCUT2D eigenvalue weighted by atomic mass is 16.5. The summed E-state index contributed by atoms with van der Waals surface area (Å²) in [4.78, 5) is 12.2. The van der Waals surface area contributed by atoms with Crippen LogP contribution in [-0.4, -0.2) is 18.1 Å². The molecule has 0 heterocycles. The number of ether oxygens (including phenoxy) is 1. The lowest BCUT2D eigenvalue weighted by Crippen LogP contribution is -2.15. The number of nitrogens with two attached hydrogens (primary N) is 1. The molecule has 0 saturated heterocycles. The molecule has 0 atom stereocenters. The van der Waals surface area contributed by atoms with Gasteiger partial charge >= 0.3 is 0 Å². The number of aliphatic hydroxyl groups is 1. The number of amides is 1. The Balaban J connectivity index is 2.28. The number of nitrogen functional groups attached to an aromatic ring is 1. The molecule has 0 aliphatic rings. The molecule has 0 aliphatic carbocycles. The summed E-state index contributed by atoms with van der Waals surface area (Å²) in [7, 11) is 1.52. The van der Waals surface area contributed by atoms with Crippen molar-refractivity contribution in [3.05, 3.63) is 53.6 Å². The van der Waals surface area contributed by atoms with Crippen molar-refractivity contribution in [1.29, 1.82) is 0 Å². The van der Waals surface area contributed by atoms with Gasteiger partial charge in [-0.3, -0.25) is 4.79 Å². The summed E-state index contributed by atoms with van der Waals surface area (Å²) < 4.78 is 5.08. The number of hydrogen-bond acceptors (Lipinski definition) is 4. The Labute approximate surface area is 117 Å². The van der Waals surface area contributed by atoms with Crippen LogP contribution in [0.25, 0.3) is 0 Å². The summed E-state index contributed by atoms with van der Waals surface area (Å²) in [6.45, 7) is -0.149. The Morgan fingerprint density at radius 3 is 2.75 bits per heavy atom. The first kappa shape index (κ1) is 13.9. The van der Waals surface area contributed by atoms with Crippen LogP contribution in [0.3, 0.4) is 0 Å². The van der Waals surface area contributed by atoms with Crippen LogP contribution in [0, 0.1) is 0 Å². The Morgan fingerprint density at radius 1 is 1.30 bits per heavy atom. The predicted octanol–water partition coefficient (Wildman–Crippen LogP) is 2.02. The quantitative estimate of drug-likeness (QED) is 0.743. The van der Waals surface area contributed by atoms with E-state index in [1.54, 1.807) is 42.5 Å². The van der Waals surface area contributed by atoms with Crippen molar-refractivity contribution in [1.82, 2.24) is 0 Å². The zero-order valence-corrected chi connectivity index (χ0v) is 11.1. The maximum atomic E-state index is 12.2. The SMILES string of the molecule is COc1ccc(N)c(C(=O)Nc2ccccc2CO)c1. The van der Waals surface area contributed by atoms with E-state index in [1.807, 2.05) is 0 Å². The number of para-hydroxylation sites is 1. The van der Waals surface area contributed by atoms with Gasteiger partial charge in [0.15, 0.2) is 0 Å². The molecule has 0 saturated carbocycles. The first-order valence-electron chi connectivity index (χ1n) is 6.09. The normalized spacial score (nSPS) is 10.1. The second kappa shape index (κ2) is 6.08. The van der Waals surface area contributed by atoms with Crippen LogP contribution in [0.15, 0.2) is 42.5 Å². The molecule has 2 rings (SSSR count). The summed E-state index contributed by atoms with van der Waals surface area (Å²) in [5.41, 5.74) is 7.70. The molecule has 0 aromatic heterocycles. The third-order valence-electron chi connectivity index (χ3n) is 2.94. The van der Waals surface area contributed by atoms with Gasteiger partial charge in [0.2, 0.25) is 0 Å². The minimum absolute atomic E-state index is 0.149. The molecular formula is C15H16N2O3. The molecular weight excluding hydrogens is 256 g/mol. The van der Waals surface area contributed by atoms with Gasteiger partial charge < -0.3 is 20.9 Å². The largest absolute Gasteiger partial charge is 0.497 e. The number of carbonyl (C=O) groups excluding carboxylic acids is 1. The highest BCUT2D eigenvalue weighted by Gasteiger charge is 2.12. The smallest absolute Gasteiger partial charge is 0.257 e. The van der Waals surface area contributed by atoms with Gasteiger partial charge in [0.05, 0.1) is 19.3 Å². The minimum Gasteiger partial charge on any atom is -0.497 e. The first-order chi connectivity index (χ1) is 9.65. The standard InChI is InChI=1S/C15H16N2O3/c1-20-11-6-7-13(16)12(8-11)15(19)17-14-5-3-2-4-10(14)9-18/h2-8,18H,9,16H2,1H3,(H,17,19). The average Bonchev–Trinajstić information content (AvgIpc) is 2.48. The molecule has 0 radical (unpaired) electrons. The van der Waals surface area contributed by atoms with Gasteiger partial charge in [-0.2, -0.15) is 0 Å². The van der Waals surface area contributed by atoms with Crippen molar-refractivity contribution in [2.45, 2.75) is 6.61 Å². The third kappa shape index (κ3) is 2.89. The van der Waals surface area contributed by atoms with Crippen molar-refractivity contribution in [2.24, 2.45) is 0 Å². The van der Waals surface area contributed by atoms with Crippen LogP contribution >= 0.6 is 0 Å². The summed E-state index contributed by atoms with van der Waals surface area (Å²) in [5, 5.41) is 12.0. The number of hydrogen-bond donors (Lipinski definition) is 3. The molecule has 0 aliphatic heterocycles. The van der Waals surface area contributed by atoms with Crippen LogP contribution in [0.2, 0.25) is 0 Å². The van der Waals surface area contributed by atoms with E-state index in [-0.39, 0.29) is 12.5 Å². The Bertz CT molecular complexity index is 626. The highest BCUT2D eigenvalue weighted by molar-refractivity contribution is 6.08. The van der Waals surface area contributed by atoms with Crippen molar-refractivity contribution in [3.63, 3.8) is 0 Å². The maximum Gasteiger partial charge on any atom is 0.257 e. The average molecular weight is 272 g/mol.